The lowest BCUT2D eigenvalue weighted by molar-refractivity contribution is 0.0525. The molecule has 1 amide bonds. The first kappa shape index (κ1) is 13.6. The molecule has 0 radical (unpaired) electrons. The van der Waals surface area contributed by atoms with Crippen LogP contribution in [0.25, 0.3) is 0 Å². The van der Waals surface area contributed by atoms with E-state index in [0.717, 1.165) is 6.42 Å². The van der Waals surface area contributed by atoms with E-state index in [2.05, 4.69) is 9.97 Å². The first-order chi connectivity index (χ1) is 10.1. The number of likely N-dealkylation sites (tertiary alicyclic amines) is 1. The molecule has 1 aromatic heterocycles. The summed E-state index contributed by atoms with van der Waals surface area (Å²) in [5.41, 5.74) is 0.317. The molecule has 2 aliphatic heterocycles. The van der Waals surface area contributed by atoms with E-state index in [0.29, 0.717) is 31.2 Å². The standard InChI is InChI=1S/C13H16N4O4/c1-2-21-11(18)8-4-14-12(15-5-8)16-6-10-3-9(16)7-17(10)13(19)20/h4-5,9-10H,2-3,6-7H2,1H3,(H,19,20)/t9-,10-/m0/s1. The zero-order valence-electron chi connectivity index (χ0n) is 11.6. The number of ether oxygens (including phenoxy) is 1. The number of nitrogens with zero attached hydrogens (tertiary/aromatic N) is 4. The van der Waals surface area contributed by atoms with E-state index >= 15 is 0 Å². The molecule has 2 fully saturated rings. The first-order valence-corrected chi connectivity index (χ1v) is 6.85. The smallest absolute Gasteiger partial charge is 0.407 e. The van der Waals surface area contributed by atoms with Crippen LogP contribution in [0.3, 0.4) is 0 Å². The van der Waals surface area contributed by atoms with Crippen LogP contribution in [0.4, 0.5) is 10.7 Å². The minimum absolute atomic E-state index is 0.000771. The van der Waals surface area contributed by atoms with E-state index in [1.54, 1.807) is 6.92 Å². The van der Waals surface area contributed by atoms with Gasteiger partial charge in [0.05, 0.1) is 24.3 Å². The van der Waals surface area contributed by atoms with E-state index in [1.807, 2.05) is 4.90 Å². The van der Waals surface area contributed by atoms with Gasteiger partial charge in [0.2, 0.25) is 5.95 Å². The molecular formula is C13H16N4O4. The van der Waals surface area contributed by atoms with Gasteiger partial charge >= 0.3 is 12.1 Å². The van der Waals surface area contributed by atoms with Crippen LogP contribution in [0.15, 0.2) is 12.4 Å². The van der Waals surface area contributed by atoms with Crippen molar-refractivity contribution in [2.45, 2.75) is 25.4 Å². The molecule has 3 heterocycles. The highest BCUT2D eigenvalue weighted by atomic mass is 16.5. The molecule has 2 aliphatic rings. The number of amides is 1. The van der Waals surface area contributed by atoms with Crippen molar-refractivity contribution in [2.24, 2.45) is 0 Å². The second-order valence-electron chi connectivity index (χ2n) is 5.12. The third kappa shape index (κ3) is 2.37. The highest BCUT2D eigenvalue weighted by Gasteiger charge is 2.46. The Morgan fingerprint density at radius 1 is 1.33 bits per heavy atom. The highest BCUT2D eigenvalue weighted by molar-refractivity contribution is 5.88. The third-order valence-electron chi connectivity index (χ3n) is 3.89. The molecule has 2 saturated heterocycles. The molecule has 21 heavy (non-hydrogen) atoms. The Bertz CT molecular complexity index is 562. The van der Waals surface area contributed by atoms with Gasteiger partial charge in [-0.1, -0.05) is 0 Å². The molecule has 1 aromatic rings. The van der Waals surface area contributed by atoms with Crippen molar-refractivity contribution in [1.82, 2.24) is 14.9 Å². The lowest BCUT2D eigenvalue weighted by Crippen LogP contribution is -2.48. The summed E-state index contributed by atoms with van der Waals surface area (Å²) in [6, 6.07) is 0.111. The lowest BCUT2D eigenvalue weighted by Gasteiger charge is -2.32. The molecular weight excluding hydrogens is 276 g/mol. The molecule has 1 N–H and O–H groups in total. The number of rotatable bonds is 3. The fraction of sp³-hybridized carbons (Fsp3) is 0.538. The normalized spacial score (nSPS) is 23.5. The Hall–Kier alpha value is -2.38. The maximum absolute atomic E-state index is 11.5. The summed E-state index contributed by atoms with van der Waals surface area (Å²) in [6.45, 7) is 3.11. The minimum atomic E-state index is -0.874. The summed E-state index contributed by atoms with van der Waals surface area (Å²) in [4.78, 5) is 34.4. The number of esters is 1. The van der Waals surface area contributed by atoms with E-state index < -0.39 is 12.1 Å². The lowest BCUT2D eigenvalue weighted by atomic mass is 10.2. The van der Waals surface area contributed by atoms with E-state index in [4.69, 9.17) is 9.84 Å². The largest absolute Gasteiger partial charge is 0.465 e. The van der Waals surface area contributed by atoms with Gasteiger partial charge in [0, 0.05) is 25.5 Å². The van der Waals surface area contributed by atoms with Crippen molar-refractivity contribution in [1.29, 1.82) is 0 Å². The summed E-state index contributed by atoms with van der Waals surface area (Å²) < 4.78 is 4.88. The fourth-order valence-electron chi connectivity index (χ4n) is 2.94. The second-order valence-corrected chi connectivity index (χ2v) is 5.12. The van der Waals surface area contributed by atoms with Gasteiger partial charge in [-0.25, -0.2) is 19.6 Å². The van der Waals surface area contributed by atoms with E-state index in [1.165, 1.54) is 17.3 Å². The van der Waals surface area contributed by atoms with Gasteiger partial charge < -0.3 is 19.6 Å². The predicted molar refractivity (Wildman–Crippen MR) is 72.3 cm³/mol. The van der Waals surface area contributed by atoms with Crippen LogP contribution in [-0.4, -0.2) is 63.8 Å². The predicted octanol–water partition coefficient (Wildman–Crippen LogP) is 0.594. The van der Waals surface area contributed by atoms with Crippen LogP contribution >= 0.6 is 0 Å². The molecule has 0 aromatic carbocycles. The molecule has 0 aliphatic carbocycles. The second kappa shape index (κ2) is 5.19. The molecule has 2 bridgehead atoms. The zero-order valence-corrected chi connectivity index (χ0v) is 11.6. The summed E-state index contributed by atoms with van der Waals surface area (Å²) in [7, 11) is 0. The molecule has 3 rings (SSSR count). The van der Waals surface area contributed by atoms with Crippen molar-refractivity contribution >= 4 is 18.0 Å². The van der Waals surface area contributed by atoms with Gasteiger partial charge in [-0.2, -0.15) is 0 Å². The van der Waals surface area contributed by atoms with Crippen LogP contribution in [-0.2, 0) is 4.74 Å². The van der Waals surface area contributed by atoms with Crippen molar-refractivity contribution in [3.05, 3.63) is 18.0 Å². The average Bonchev–Trinajstić information content (AvgIpc) is 3.08. The Morgan fingerprint density at radius 3 is 2.57 bits per heavy atom. The quantitative estimate of drug-likeness (QED) is 0.815. The molecule has 0 unspecified atom stereocenters. The van der Waals surface area contributed by atoms with E-state index in [-0.39, 0.29) is 12.1 Å². The van der Waals surface area contributed by atoms with Gasteiger partial charge in [-0.3, -0.25) is 0 Å². The number of hydrogen-bond donors (Lipinski definition) is 1. The summed E-state index contributed by atoms with van der Waals surface area (Å²) in [5, 5.41) is 9.06. The van der Waals surface area contributed by atoms with Crippen LogP contribution in [0.2, 0.25) is 0 Å². The molecule has 0 saturated carbocycles. The molecule has 112 valence electrons. The number of piperazine rings is 1. The summed E-state index contributed by atoms with van der Waals surface area (Å²) >= 11 is 0. The maximum Gasteiger partial charge on any atom is 0.407 e. The summed E-state index contributed by atoms with van der Waals surface area (Å²) in [6.07, 6.45) is 2.82. The molecule has 8 heteroatoms. The first-order valence-electron chi connectivity index (χ1n) is 6.85. The maximum atomic E-state index is 11.5. The third-order valence-corrected chi connectivity index (χ3v) is 3.89. The van der Waals surface area contributed by atoms with Gasteiger partial charge in [0.15, 0.2) is 0 Å². The summed E-state index contributed by atoms with van der Waals surface area (Å²) in [5.74, 6) is 0.0876. The van der Waals surface area contributed by atoms with Gasteiger partial charge in [-0.05, 0) is 13.3 Å². The number of carbonyl (C=O) groups is 2. The van der Waals surface area contributed by atoms with Gasteiger partial charge in [0.25, 0.3) is 0 Å². The average molecular weight is 292 g/mol. The SMILES string of the molecule is CCOC(=O)c1cnc(N2C[C@@H]3C[C@H]2CN3C(=O)O)nc1. The minimum Gasteiger partial charge on any atom is -0.465 e. The van der Waals surface area contributed by atoms with Crippen molar-refractivity contribution in [2.75, 3.05) is 24.6 Å². The highest BCUT2D eigenvalue weighted by Crippen LogP contribution is 2.32. The van der Waals surface area contributed by atoms with Crippen molar-refractivity contribution in [3.8, 4) is 0 Å². The van der Waals surface area contributed by atoms with Crippen LogP contribution in [0, 0.1) is 0 Å². The fourth-order valence-corrected chi connectivity index (χ4v) is 2.94. The number of hydrogen-bond acceptors (Lipinski definition) is 6. The number of carbonyl (C=O) groups excluding carboxylic acids is 1. The number of anilines is 1. The van der Waals surface area contributed by atoms with Crippen LogP contribution in [0.5, 0.6) is 0 Å². The van der Waals surface area contributed by atoms with Crippen molar-refractivity contribution in [3.63, 3.8) is 0 Å². The van der Waals surface area contributed by atoms with E-state index in [9.17, 15) is 9.59 Å². The Balaban J connectivity index is 1.70. The number of fused-ring (bicyclic) bond motifs is 2. The molecule has 0 spiro atoms. The topological polar surface area (TPSA) is 95.9 Å². The number of carboxylic acid groups (broad SMARTS) is 1. The van der Waals surface area contributed by atoms with Gasteiger partial charge in [0.1, 0.15) is 0 Å². The molecule has 8 nitrogen and oxygen atoms in total. The zero-order chi connectivity index (χ0) is 15.0. The van der Waals surface area contributed by atoms with Crippen molar-refractivity contribution < 1.29 is 19.4 Å². The molecule has 2 atom stereocenters. The monoisotopic (exact) mass is 292 g/mol. The Morgan fingerprint density at radius 2 is 2.05 bits per heavy atom. The Kier molecular flexibility index (Phi) is 3.36. The van der Waals surface area contributed by atoms with Gasteiger partial charge in [-0.15, -0.1) is 0 Å². The number of aromatic nitrogens is 2. The Labute approximate surface area is 121 Å². The van der Waals surface area contributed by atoms with Crippen LogP contribution in [0.1, 0.15) is 23.7 Å². The van der Waals surface area contributed by atoms with Crippen LogP contribution < -0.4 is 4.90 Å².